The lowest BCUT2D eigenvalue weighted by Gasteiger charge is -2.15. The first-order chi connectivity index (χ1) is 7.54. The summed E-state index contributed by atoms with van der Waals surface area (Å²) >= 11 is 0. The molecule has 0 spiro atoms. The molecule has 0 bridgehead atoms. The minimum atomic E-state index is -0.862. The van der Waals surface area contributed by atoms with Crippen LogP contribution in [0.1, 0.15) is 33.1 Å². The first-order valence-electron chi connectivity index (χ1n) is 5.80. The van der Waals surface area contributed by atoms with Crippen molar-refractivity contribution in [3.05, 3.63) is 0 Å². The van der Waals surface area contributed by atoms with Gasteiger partial charge in [-0.3, -0.25) is 14.9 Å². The molecule has 1 amide bonds. The van der Waals surface area contributed by atoms with Crippen LogP contribution in [-0.4, -0.2) is 35.6 Å². The molecule has 2 atom stereocenters. The van der Waals surface area contributed by atoms with Gasteiger partial charge in [0.2, 0.25) is 5.91 Å². The third kappa shape index (κ3) is 4.18. The van der Waals surface area contributed by atoms with Gasteiger partial charge in [0.1, 0.15) is 6.04 Å². The van der Waals surface area contributed by atoms with Gasteiger partial charge in [0.15, 0.2) is 0 Å². The van der Waals surface area contributed by atoms with Crippen molar-refractivity contribution < 1.29 is 14.7 Å². The van der Waals surface area contributed by atoms with E-state index in [1.807, 2.05) is 13.8 Å². The van der Waals surface area contributed by atoms with Gasteiger partial charge in [0, 0.05) is 6.04 Å². The maximum absolute atomic E-state index is 11.4. The van der Waals surface area contributed by atoms with Gasteiger partial charge in [-0.25, -0.2) is 0 Å². The summed E-state index contributed by atoms with van der Waals surface area (Å²) in [5.41, 5.74) is 0. The number of carbonyl (C=O) groups is 2. The van der Waals surface area contributed by atoms with Gasteiger partial charge in [-0.15, -0.1) is 0 Å². The number of aliphatic carboxylic acids is 1. The van der Waals surface area contributed by atoms with E-state index in [1.54, 1.807) is 0 Å². The van der Waals surface area contributed by atoms with Crippen LogP contribution in [0.15, 0.2) is 0 Å². The minimum Gasteiger partial charge on any atom is -0.480 e. The fourth-order valence-corrected chi connectivity index (χ4v) is 1.52. The van der Waals surface area contributed by atoms with E-state index in [0.29, 0.717) is 0 Å². The first kappa shape index (κ1) is 13.0. The molecule has 0 aromatic rings. The molecule has 2 unspecified atom stereocenters. The van der Waals surface area contributed by atoms with Gasteiger partial charge in [-0.2, -0.15) is 0 Å². The Hall–Kier alpha value is -1.10. The molecule has 0 saturated heterocycles. The number of nitrogens with one attached hydrogen (secondary N) is 2. The average molecular weight is 228 g/mol. The van der Waals surface area contributed by atoms with Crippen LogP contribution in [0.2, 0.25) is 0 Å². The number of carboxylic acid groups (broad SMARTS) is 1. The Morgan fingerprint density at radius 2 is 2.06 bits per heavy atom. The molecule has 1 saturated carbocycles. The Balaban J connectivity index is 2.26. The van der Waals surface area contributed by atoms with Crippen LogP contribution >= 0.6 is 0 Å². The zero-order valence-corrected chi connectivity index (χ0v) is 9.82. The van der Waals surface area contributed by atoms with E-state index >= 15 is 0 Å². The van der Waals surface area contributed by atoms with Gasteiger partial charge in [-0.1, -0.05) is 6.92 Å². The molecule has 92 valence electrons. The summed E-state index contributed by atoms with van der Waals surface area (Å²) in [6.45, 7) is 3.99. The molecule has 0 radical (unpaired) electrons. The second-order valence-electron chi connectivity index (χ2n) is 4.41. The Morgan fingerprint density at radius 1 is 1.44 bits per heavy atom. The number of carbonyl (C=O) groups excluding carboxylic acids is 1. The first-order valence-corrected chi connectivity index (χ1v) is 5.80. The largest absolute Gasteiger partial charge is 0.480 e. The highest BCUT2D eigenvalue weighted by molar-refractivity contribution is 5.80. The van der Waals surface area contributed by atoms with Crippen molar-refractivity contribution >= 4 is 11.9 Å². The maximum Gasteiger partial charge on any atom is 0.320 e. The summed E-state index contributed by atoms with van der Waals surface area (Å²) in [7, 11) is 0. The van der Waals surface area contributed by atoms with Gasteiger partial charge in [0.25, 0.3) is 0 Å². The van der Waals surface area contributed by atoms with Crippen molar-refractivity contribution in [3.8, 4) is 0 Å². The third-order valence-corrected chi connectivity index (χ3v) is 2.86. The molecule has 16 heavy (non-hydrogen) atoms. The number of hydrogen-bond donors (Lipinski definition) is 3. The van der Waals surface area contributed by atoms with Gasteiger partial charge < -0.3 is 10.4 Å². The zero-order valence-electron chi connectivity index (χ0n) is 9.82. The Kier molecular flexibility index (Phi) is 4.73. The van der Waals surface area contributed by atoms with Crippen molar-refractivity contribution in [1.29, 1.82) is 0 Å². The lowest BCUT2D eigenvalue weighted by Crippen LogP contribution is -2.45. The highest BCUT2D eigenvalue weighted by Gasteiger charge is 2.36. The molecule has 0 heterocycles. The number of amides is 1. The van der Waals surface area contributed by atoms with Crippen molar-refractivity contribution in [3.63, 3.8) is 0 Å². The summed E-state index contributed by atoms with van der Waals surface area (Å²) < 4.78 is 0. The topological polar surface area (TPSA) is 78.4 Å². The monoisotopic (exact) mass is 228 g/mol. The number of hydrogen-bond acceptors (Lipinski definition) is 3. The SMILES string of the molecule is CCC(C)NC(=O)CNC(C(=O)O)C1CC1. The third-order valence-electron chi connectivity index (χ3n) is 2.86. The lowest BCUT2D eigenvalue weighted by molar-refractivity contribution is -0.140. The molecule has 1 fully saturated rings. The lowest BCUT2D eigenvalue weighted by atomic mass is 10.2. The molecule has 3 N–H and O–H groups in total. The smallest absolute Gasteiger partial charge is 0.320 e. The summed E-state index contributed by atoms with van der Waals surface area (Å²) in [4.78, 5) is 22.3. The standard InChI is InChI=1S/C11H20N2O3/c1-3-7(2)13-9(14)6-12-10(11(15)16)8-4-5-8/h7-8,10,12H,3-6H2,1-2H3,(H,13,14)(H,15,16). The van der Waals surface area contributed by atoms with E-state index in [9.17, 15) is 9.59 Å². The summed E-state index contributed by atoms with van der Waals surface area (Å²) in [5.74, 6) is -0.797. The van der Waals surface area contributed by atoms with Crippen molar-refractivity contribution in [1.82, 2.24) is 10.6 Å². The average Bonchev–Trinajstić information content (AvgIpc) is 3.01. The van der Waals surface area contributed by atoms with Crippen LogP contribution in [0.5, 0.6) is 0 Å². The fourth-order valence-electron chi connectivity index (χ4n) is 1.52. The van der Waals surface area contributed by atoms with Crippen molar-refractivity contribution in [2.24, 2.45) is 5.92 Å². The summed E-state index contributed by atoms with van der Waals surface area (Å²) in [5, 5.41) is 14.5. The summed E-state index contributed by atoms with van der Waals surface area (Å²) in [6.07, 6.45) is 2.75. The van der Waals surface area contributed by atoms with E-state index in [-0.39, 0.29) is 24.4 Å². The van der Waals surface area contributed by atoms with Crippen LogP contribution in [0.3, 0.4) is 0 Å². The molecule has 0 aliphatic heterocycles. The zero-order chi connectivity index (χ0) is 12.1. The maximum atomic E-state index is 11.4. The second-order valence-corrected chi connectivity index (χ2v) is 4.41. The van der Waals surface area contributed by atoms with E-state index in [0.717, 1.165) is 19.3 Å². The van der Waals surface area contributed by atoms with Crippen LogP contribution in [0, 0.1) is 5.92 Å². The predicted molar refractivity (Wildman–Crippen MR) is 60.0 cm³/mol. The van der Waals surface area contributed by atoms with Crippen LogP contribution < -0.4 is 10.6 Å². The molecule has 1 aliphatic carbocycles. The van der Waals surface area contributed by atoms with Gasteiger partial charge in [0.05, 0.1) is 6.54 Å². The highest BCUT2D eigenvalue weighted by Crippen LogP contribution is 2.32. The quantitative estimate of drug-likeness (QED) is 0.587. The van der Waals surface area contributed by atoms with Crippen molar-refractivity contribution in [2.75, 3.05) is 6.54 Å². The minimum absolute atomic E-state index is 0.0812. The highest BCUT2D eigenvalue weighted by atomic mass is 16.4. The molecule has 0 aromatic carbocycles. The van der Waals surface area contributed by atoms with Crippen LogP contribution in [0.4, 0.5) is 0 Å². The van der Waals surface area contributed by atoms with Crippen LogP contribution in [-0.2, 0) is 9.59 Å². The molecule has 0 aromatic heterocycles. The predicted octanol–water partition coefficient (Wildman–Crippen LogP) is 0.354. The molecule has 1 aliphatic rings. The van der Waals surface area contributed by atoms with E-state index in [1.165, 1.54) is 0 Å². The normalized spacial score (nSPS) is 18.9. The van der Waals surface area contributed by atoms with Crippen LogP contribution in [0.25, 0.3) is 0 Å². The fraction of sp³-hybridized carbons (Fsp3) is 0.818. The molecule has 5 nitrogen and oxygen atoms in total. The molecular weight excluding hydrogens is 208 g/mol. The Labute approximate surface area is 95.6 Å². The second kappa shape index (κ2) is 5.84. The molecular formula is C11H20N2O3. The summed E-state index contributed by atoms with van der Waals surface area (Å²) in [6, 6.07) is -0.429. The van der Waals surface area contributed by atoms with Gasteiger partial charge >= 0.3 is 5.97 Å². The molecule has 5 heteroatoms. The Morgan fingerprint density at radius 3 is 2.50 bits per heavy atom. The molecule has 1 rings (SSSR count). The number of carboxylic acids is 1. The van der Waals surface area contributed by atoms with E-state index in [4.69, 9.17) is 5.11 Å². The van der Waals surface area contributed by atoms with E-state index < -0.39 is 12.0 Å². The van der Waals surface area contributed by atoms with E-state index in [2.05, 4.69) is 10.6 Å². The van der Waals surface area contributed by atoms with Gasteiger partial charge in [-0.05, 0) is 32.1 Å². The Bertz CT molecular complexity index is 264. The number of rotatable bonds is 7. The van der Waals surface area contributed by atoms with Crippen molar-refractivity contribution in [2.45, 2.75) is 45.2 Å².